The van der Waals surface area contributed by atoms with Crippen LogP contribution in [-0.2, 0) is 11.2 Å². The first-order chi connectivity index (χ1) is 17.3. The number of ether oxygens (including phenoxy) is 1. The Kier molecular flexibility index (Phi) is 6.06. The van der Waals surface area contributed by atoms with Gasteiger partial charge in [0.1, 0.15) is 5.75 Å². The van der Waals surface area contributed by atoms with Gasteiger partial charge in [-0.25, -0.2) is 0 Å². The summed E-state index contributed by atoms with van der Waals surface area (Å²) in [5.41, 5.74) is 3.68. The predicted octanol–water partition coefficient (Wildman–Crippen LogP) is 5.96. The van der Waals surface area contributed by atoms with Gasteiger partial charge in [0, 0.05) is 25.7 Å². The molecule has 6 rings (SSSR count). The Labute approximate surface area is 218 Å². The number of methoxy groups -OCH3 is 1. The number of carbonyl (C=O) groups is 1. The van der Waals surface area contributed by atoms with E-state index in [2.05, 4.69) is 36.8 Å². The van der Waals surface area contributed by atoms with Gasteiger partial charge >= 0.3 is 0 Å². The number of fused-ring (bicyclic) bond motifs is 4. The van der Waals surface area contributed by atoms with Gasteiger partial charge < -0.3 is 14.5 Å². The van der Waals surface area contributed by atoms with Gasteiger partial charge in [0.25, 0.3) is 0 Å². The van der Waals surface area contributed by atoms with Crippen LogP contribution < -0.4 is 4.74 Å². The van der Waals surface area contributed by atoms with Gasteiger partial charge in [-0.3, -0.25) is 4.79 Å². The van der Waals surface area contributed by atoms with E-state index in [0.29, 0.717) is 23.3 Å². The summed E-state index contributed by atoms with van der Waals surface area (Å²) in [7, 11) is 6.08. The van der Waals surface area contributed by atoms with Crippen LogP contribution in [0.15, 0.2) is 35.9 Å². The van der Waals surface area contributed by atoms with Gasteiger partial charge in [-0.2, -0.15) is 0 Å². The first kappa shape index (κ1) is 24.5. The fourth-order valence-corrected chi connectivity index (χ4v) is 10.0. The zero-order valence-electron chi connectivity index (χ0n) is 23.1. The van der Waals surface area contributed by atoms with E-state index in [-0.39, 0.29) is 5.91 Å². The Morgan fingerprint density at radius 3 is 2.58 bits per heavy atom. The van der Waals surface area contributed by atoms with E-state index in [9.17, 15) is 4.79 Å². The molecule has 1 aliphatic heterocycles. The molecule has 1 aromatic rings. The Bertz CT molecular complexity index is 1030. The fourth-order valence-electron chi connectivity index (χ4n) is 10.0. The molecule has 4 nitrogen and oxygen atoms in total. The van der Waals surface area contributed by atoms with Crippen LogP contribution in [0, 0.1) is 34.5 Å². The third-order valence-electron chi connectivity index (χ3n) is 12.1. The molecular formula is C32H46N2O2. The molecule has 0 aromatic heterocycles. The largest absolute Gasteiger partial charge is 0.497 e. The normalized spacial score (nSPS) is 41.5. The highest BCUT2D eigenvalue weighted by atomic mass is 16.5. The van der Waals surface area contributed by atoms with Crippen LogP contribution in [0.2, 0.25) is 0 Å². The second kappa shape index (κ2) is 8.89. The molecule has 3 saturated carbocycles. The molecule has 4 heteroatoms. The van der Waals surface area contributed by atoms with E-state index >= 15 is 0 Å². The number of hydrogen-bond donors (Lipinski definition) is 0. The van der Waals surface area contributed by atoms with Crippen LogP contribution in [0.25, 0.3) is 0 Å². The average molecular weight is 491 g/mol. The molecule has 1 saturated heterocycles. The van der Waals surface area contributed by atoms with Crippen LogP contribution in [0.3, 0.4) is 0 Å². The molecule has 5 aliphatic rings. The predicted molar refractivity (Wildman–Crippen MR) is 145 cm³/mol. The minimum absolute atomic E-state index is 0.235. The van der Waals surface area contributed by atoms with Crippen molar-refractivity contribution in [2.45, 2.75) is 83.7 Å². The fraction of sp³-hybridized carbons (Fsp3) is 0.719. The van der Waals surface area contributed by atoms with Crippen LogP contribution in [0.4, 0.5) is 0 Å². The van der Waals surface area contributed by atoms with Crippen LogP contribution in [0.5, 0.6) is 5.75 Å². The van der Waals surface area contributed by atoms with Crippen LogP contribution in [-0.4, -0.2) is 55.5 Å². The van der Waals surface area contributed by atoms with Gasteiger partial charge in [-0.1, -0.05) is 30.7 Å². The first-order valence-corrected chi connectivity index (χ1v) is 14.5. The molecule has 0 radical (unpaired) electrons. The van der Waals surface area contributed by atoms with Crippen molar-refractivity contribution in [3.8, 4) is 5.75 Å². The quantitative estimate of drug-likeness (QED) is 0.489. The molecule has 1 amide bonds. The average Bonchev–Trinajstić information content (AvgIpc) is 3.37. The summed E-state index contributed by atoms with van der Waals surface area (Å²) in [6.07, 6.45) is 13.6. The zero-order valence-corrected chi connectivity index (χ0v) is 23.1. The van der Waals surface area contributed by atoms with Crippen LogP contribution >= 0.6 is 0 Å². The third-order valence-corrected chi connectivity index (χ3v) is 12.1. The number of rotatable bonds is 4. The highest BCUT2D eigenvalue weighted by molar-refractivity contribution is 5.79. The lowest BCUT2D eigenvalue weighted by Crippen LogP contribution is -2.53. The molecular weight excluding hydrogens is 444 g/mol. The molecule has 0 N–H and O–H groups in total. The summed E-state index contributed by atoms with van der Waals surface area (Å²) in [5.74, 6) is 4.64. The minimum Gasteiger partial charge on any atom is -0.497 e. The lowest BCUT2D eigenvalue weighted by atomic mass is 9.47. The highest BCUT2D eigenvalue weighted by Gasteiger charge is 2.64. The van der Waals surface area contributed by atoms with Crippen molar-refractivity contribution in [1.82, 2.24) is 9.80 Å². The van der Waals surface area contributed by atoms with E-state index in [4.69, 9.17) is 4.74 Å². The number of carbonyl (C=O) groups excluding carboxylic acids is 1. The summed E-state index contributed by atoms with van der Waals surface area (Å²) in [6.45, 7) is 6.42. The number of hydrogen-bond acceptors (Lipinski definition) is 3. The first-order valence-electron chi connectivity index (χ1n) is 14.5. The second-order valence-corrected chi connectivity index (χ2v) is 13.3. The Morgan fingerprint density at radius 1 is 1.08 bits per heavy atom. The van der Waals surface area contributed by atoms with Crippen molar-refractivity contribution >= 4 is 5.91 Å². The topological polar surface area (TPSA) is 32.8 Å². The van der Waals surface area contributed by atoms with Gasteiger partial charge in [-0.15, -0.1) is 0 Å². The van der Waals surface area contributed by atoms with Crippen molar-refractivity contribution < 1.29 is 9.53 Å². The van der Waals surface area contributed by atoms with Gasteiger partial charge in [0.2, 0.25) is 5.91 Å². The van der Waals surface area contributed by atoms with E-state index in [0.717, 1.165) is 53.9 Å². The van der Waals surface area contributed by atoms with E-state index in [1.807, 2.05) is 31.3 Å². The maximum absolute atomic E-state index is 13.2. The molecule has 8 atom stereocenters. The SMILES string of the molecule is COc1ccc(CC(=O)N(C)[C@H]2CC[C@@]3(C)C(=CC[C@@H]4C3CC[C@]35CN(C)[C@@H](C)[C@H]3CC[C@@H]45)C2)cc1. The van der Waals surface area contributed by atoms with E-state index in [1.54, 1.807) is 12.7 Å². The highest BCUT2D eigenvalue weighted by Crippen LogP contribution is 2.68. The smallest absolute Gasteiger partial charge is 0.226 e. The Balaban J connectivity index is 1.15. The number of benzene rings is 1. The van der Waals surface area contributed by atoms with Crippen molar-refractivity contribution in [2.75, 3.05) is 27.7 Å². The molecule has 1 spiro atoms. The Morgan fingerprint density at radius 2 is 1.83 bits per heavy atom. The lowest BCUT2D eigenvalue weighted by Gasteiger charge is -2.58. The monoisotopic (exact) mass is 490 g/mol. The van der Waals surface area contributed by atoms with E-state index < -0.39 is 0 Å². The number of amides is 1. The number of nitrogens with zero attached hydrogens (tertiary/aromatic N) is 2. The molecule has 4 fully saturated rings. The maximum atomic E-state index is 13.2. The van der Waals surface area contributed by atoms with Crippen LogP contribution in [0.1, 0.15) is 70.8 Å². The van der Waals surface area contributed by atoms with Gasteiger partial charge in [0.15, 0.2) is 0 Å². The van der Waals surface area contributed by atoms with Crippen molar-refractivity contribution in [2.24, 2.45) is 34.5 Å². The third kappa shape index (κ3) is 3.61. The number of likely N-dealkylation sites (tertiary alicyclic amines) is 1. The summed E-state index contributed by atoms with van der Waals surface area (Å²) < 4.78 is 5.26. The van der Waals surface area contributed by atoms with Gasteiger partial charge in [0.05, 0.1) is 13.5 Å². The number of allylic oxidation sites excluding steroid dienone is 1. The molecule has 196 valence electrons. The van der Waals surface area contributed by atoms with Crippen molar-refractivity contribution in [1.29, 1.82) is 0 Å². The molecule has 4 aliphatic carbocycles. The summed E-state index contributed by atoms with van der Waals surface area (Å²) in [5, 5.41) is 0. The summed E-state index contributed by atoms with van der Waals surface area (Å²) >= 11 is 0. The molecule has 1 unspecified atom stereocenters. The van der Waals surface area contributed by atoms with Gasteiger partial charge in [-0.05, 0) is 118 Å². The minimum atomic E-state index is 0.235. The number of likely N-dealkylation sites (N-methyl/N-ethyl adjacent to an activating group) is 1. The second-order valence-electron chi connectivity index (χ2n) is 13.3. The molecule has 1 heterocycles. The molecule has 1 aromatic carbocycles. The summed E-state index contributed by atoms with van der Waals surface area (Å²) in [6, 6.07) is 9.02. The Hall–Kier alpha value is -1.81. The van der Waals surface area contributed by atoms with Crippen molar-refractivity contribution in [3.05, 3.63) is 41.5 Å². The van der Waals surface area contributed by atoms with E-state index in [1.165, 1.54) is 45.1 Å². The molecule has 36 heavy (non-hydrogen) atoms. The summed E-state index contributed by atoms with van der Waals surface area (Å²) in [4.78, 5) is 17.9. The molecule has 0 bridgehead atoms. The zero-order chi connectivity index (χ0) is 25.2. The maximum Gasteiger partial charge on any atom is 0.226 e. The standard InChI is InChI=1S/C32H46N2O2/c1-21-27-12-13-29-26-11-8-23-19-24(34(4)30(35)18-22-6-9-25(36-5)10-7-22)14-16-31(23,2)28(26)15-17-32(27,29)20-33(21)3/h6-10,21,24,26-29H,11-20H2,1-5H3/t21-,24-,26+,27+,28?,29-,31-,32-/m0/s1. The van der Waals surface area contributed by atoms with Crippen molar-refractivity contribution in [3.63, 3.8) is 0 Å². The lowest BCUT2D eigenvalue weighted by molar-refractivity contribution is -0.132.